The van der Waals surface area contributed by atoms with Crippen LogP contribution in [0.15, 0.2) is 12.4 Å². The highest BCUT2D eigenvalue weighted by Crippen LogP contribution is 2.22. The maximum absolute atomic E-state index is 12.0. The summed E-state index contributed by atoms with van der Waals surface area (Å²) in [7, 11) is -0.0868. The minimum absolute atomic E-state index is 0.529. The zero-order valence-electron chi connectivity index (χ0n) is 11.8. The molecular formula is C12H22N4O2S. The summed E-state index contributed by atoms with van der Waals surface area (Å²) in [6.45, 7) is 4.14. The molecule has 2 heterocycles. The Morgan fingerprint density at radius 3 is 2.47 bits per heavy atom. The smallest absolute Gasteiger partial charge is 0.281 e. The molecule has 0 atom stereocenters. The normalized spacial score (nSPS) is 19.2. The minimum Gasteiger partial charge on any atom is -0.335 e. The molecule has 0 bridgehead atoms. The van der Waals surface area contributed by atoms with E-state index in [1.54, 1.807) is 24.6 Å². The zero-order chi connectivity index (χ0) is 14.0. The molecule has 6 nitrogen and oxygen atoms in total. The molecule has 108 valence electrons. The fourth-order valence-corrected chi connectivity index (χ4v) is 3.56. The first-order valence-corrected chi connectivity index (χ1v) is 7.96. The summed E-state index contributed by atoms with van der Waals surface area (Å²) in [5.74, 6) is 1.55. The van der Waals surface area contributed by atoms with Crippen molar-refractivity contribution < 1.29 is 8.42 Å². The van der Waals surface area contributed by atoms with Gasteiger partial charge in [-0.1, -0.05) is 0 Å². The molecule has 0 spiro atoms. The third-order valence-electron chi connectivity index (χ3n) is 3.74. The van der Waals surface area contributed by atoms with E-state index in [9.17, 15) is 8.42 Å². The number of nitrogens with zero attached hydrogens (tertiary/aromatic N) is 4. The van der Waals surface area contributed by atoms with Gasteiger partial charge in [0.2, 0.25) is 0 Å². The van der Waals surface area contributed by atoms with Crippen LogP contribution in [0.1, 0.15) is 18.7 Å². The minimum atomic E-state index is -3.25. The number of hydrogen-bond acceptors (Lipinski definition) is 3. The molecule has 1 fully saturated rings. The van der Waals surface area contributed by atoms with Crippen molar-refractivity contribution in [1.82, 2.24) is 18.2 Å². The maximum Gasteiger partial charge on any atom is 0.281 e. The lowest BCUT2D eigenvalue weighted by molar-refractivity contribution is 0.243. The lowest BCUT2D eigenvalue weighted by Gasteiger charge is -2.33. The lowest BCUT2D eigenvalue weighted by atomic mass is 9.98. The molecule has 1 aliphatic heterocycles. The Kier molecular flexibility index (Phi) is 4.27. The molecule has 0 unspecified atom stereocenters. The van der Waals surface area contributed by atoms with Crippen molar-refractivity contribution in [2.75, 3.05) is 27.2 Å². The Hall–Kier alpha value is -0.920. The van der Waals surface area contributed by atoms with Gasteiger partial charge in [-0.3, -0.25) is 0 Å². The second kappa shape index (κ2) is 5.60. The van der Waals surface area contributed by atoms with Crippen LogP contribution in [-0.4, -0.2) is 53.8 Å². The Bertz CT molecular complexity index is 516. The zero-order valence-corrected chi connectivity index (χ0v) is 12.6. The van der Waals surface area contributed by atoms with Crippen molar-refractivity contribution in [1.29, 1.82) is 0 Å². The van der Waals surface area contributed by atoms with Crippen LogP contribution in [-0.2, 0) is 16.8 Å². The molecule has 0 aromatic carbocycles. The molecule has 0 radical (unpaired) electrons. The van der Waals surface area contributed by atoms with Gasteiger partial charge >= 0.3 is 0 Å². The van der Waals surface area contributed by atoms with Gasteiger partial charge in [0.1, 0.15) is 5.82 Å². The van der Waals surface area contributed by atoms with Crippen molar-refractivity contribution in [3.8, 4) is 0 Å². The third-order valence-corrected chi connectivity index (χ3v) is 5.68. The van der Waals surface area contributed by atoms with E-state index in [0.717, 1.165) is 25.2 Å². The number of aromatic nitrogens is 2. The SMILES string of the molecule is Cc1nccn1CC1CCN(S(=O)(=O)N(C)C)CC1. The van der Waals surface area contributed by atoms with Crippen molar-refractivity contribution in [3.63, 3.8) is 0 Å². The van der Waals surface area contributed by atoms with Gasteiger partial charge in [-0.15, -0.1) is 0 Å². The standard InChI is InChI=1S/C12H22N4O2S/c1-11-13-6-9-15(11)10-12-4-7-16(8-5-12)19(17,18)14(2)3/h6,9,12H,4-5,7-8,10H2,1-3H3. The first-order valence-electron chi connectivity index (χ1n) is 6.56. The van der Waals surface area contributed by atoms with Gasteiger partial charge in [0.15, 0.2) is 0 Å². The summed E-state index contributed by atoms with van der Waals surface area (Å²) >= 11 is 0. The summed E-state index contributed by atoms with van der Waals surface area (Å²) in [4.78, 5) is 4.21. The Morgan fingerprint density at radius 2 is 2.00 bits per heavy atom. The van der Waals surface area contributed by atoms with E-state index in [-0.39, 0.29) is 0 Å². The van der Waals surface area contributed by atoms with E-state index in [2.05, 4.69) is 9.55 Å². The van der Waals surface area contributed by atoms with Gasteiger partial charge in [0.05, 0.1) is 0 Å². The van der Waals surface area contributed by atoms with Crippen molar-refractivity contribution in [2.24, 2.45) is 5.92 Å². The van der Waals surface area contributed by atoms with Crippen molar-refractivity contribution >= 4 is 10.2 Å². The number of hydrogen-bond donors (Lipinski definition) is 0. The highest BCUT2D eigenvalue weighted by Gasteiger charge is 2.29. The predicted molar refractivity (Wildman–Crippen MR) is 73.9 cm³/mol. The molecular weight excluding hydrogens is 264 g/mol. The van der Waals surface area contributed by atoms with Crippen LogP contribution in [0.2, 0.25) is 0 Å². The molecule has 2 rings (SSSR count). The molecule has 0 aliphatic carbocycles. The van der Waals surface area contributed by atoms with Crippen LogP contribution in [0.25, 0.3) is 0 Å². The number of imidazole rings is 1. The highest BCUT2D eigenvalue weighted by molar-refractivity contribution is 7.86. The molecule has 0 saturated carbocycles. The Morgan fingerprint density at radius 1 is 1.37 bits per heavy atom. The predicted octanol–water partition coefficient (Wildman–Crippen LogP) is 0.710. The second-order valence-corrected chi connectivity index (χ2v) is 7.40. The summed E-state index contributed by atoms with van der Waals surface area (Å²) in [6, 6.07) is 0. The van der Waals surface area contributed by atoms with Gasteiger partial charge in [-0.25, -0.2) is 4.98 Å². The number of aryl methyl sites for hydroxylation is 1. The van der Waals surface area contributed by atoms with Crippen LogP contribution < -0.4 is 0 Å². The van der Waals surface area contributed by atoms with E-state index in [1.807, 2.05) is 13.1 Å². The molecule has 0 N–H and O–H groups in total. The molecule has 1 aromatic rings. The summed E-state index contributed by atoms with van der Waals surface area (Å²) in [5.41, 5.74) is 0. The largest absolute Gasteiger partial charge is 0.335 e. The monoisotopic (exact) mass is 286 g/mol. The lowest BCUT2D eigenvalue weighted by Crippen LogP contribution is -2.44. The van der Waals surface area contributed by atoms with E-state index in [4.69, 9.17) is 0 Å². The van der Waals surface area contributed by atoms with Gasteiger partial charge in [0, 0.05) is 46.1 Å². The summed E-state index contributed by atoms with van der Waals surface area (Å²) in [6.07, 6.45) is 5.61. The van der Waals surface area contributed by atoms with Crippen molar-refractivity contribution in [3.05, 3.63) is 18.2 Å². The van der Waals surface area contributed by atoms with E-state index in [0.29, 0.717) is 19.0 Å². The molecule has 1 aromatic heterocycles. The average Bonchev–Trinajstić information content (AvgIpc) is 2.75. The average molecular weight is 286 g/mol. The summed E-state index contributed by atoms with van der Waals surface area (Å²) in [5, 5.41) is 0. The highest BCUT2D eigenvalue weighted by atomic mass is 32.2. The topological polar surface area (TPSA) is 58.4 Å². The van der Waals surface area contributed by atoms with Crippen LogP contribution in [0, 0.1) is 12.8 Å². The molecule has 1 saturated heterocycles. The fourth-order valence-electron chi connectivity index (χ4n) is 2.43. The third kappa shape index (κ3) is 3.16. The van der Waals surface area contributed by atoms with E-state index < -0.39 is 10.2 Å². The first-order chi connectivity index (χ1) is 8.91. The second-order valence-electron chi connectivity index (χ2n) is 5.26. The van der Waals surface area contributed by atoms with Crippen molar-refractivity contribution in [2.45, 2.75) is 26.3 Å². The van der Waals surface area contributed by atoms with Gasteiger partial charge in [-0.2, -0.15) is 17.0 Å². The maximum atomic E-state index is 12.0. The molecule has 0 amide bonds. The van der Waals surface area contributed by atoms with Crippen LogP contribution in [0.3, 0.4) is 0 Å². The van der Waals surface area contributed by atoms with E-state index in [1.165, 1.54) is 4.31 Å². The molecule has 19 heavy (non-hydrogen) atoms. The Labute approximate surface area is 115 Å². The number of piperidine rings is 1. The van der Waals surface area contributed by atoms with Gasteiger partial charge < -0.3 is 4.57 Å². The van der Waals surface area contributed by atoms with Gasteiger partial charge in [0.25, 0.3) is 10.2 Å². The Balaban J connectivity index is 1.91. The van der Waals surface area contributed by atoms with E-state index >= 15 is 0 Å². The van der Waals surface area contributed by atoms with Crippen LogP contribution in [0.4, 0.5) is 0 Å². The molecule has 7 heteroatoms. The fraction of sp³-hybridized carbons (Fsp3) is 0.750. The van der Waals surface area contributed by atoms with Gasteiger partial charge in [-0.05, 0) is 25.7 Å². The first kappa shape index (κ1) is 14.5. The quantitative estimate of drug-likeness (QED) is 0.819. The van der Waals surface area contributed by atoms with Crippen LogP contribution in [0.5, 0.6) is 0 Å². The molecule has 1 aliphatic rings. The van der Waals surface area contributed by atoms with Crippen LogP contribution >= 0.6 is 0 Å². The number of rotatable bonds is 4. The summed E-state index contributed by atoms with van der Waals surface area (Å²) < 4.78 is 29.0.